The fourth-order valence-corrected chi connectivity index (χ4v) is 0.642. The van der Waals surface area contributed by atoms with Crippen LogP contribution in [-0.2, 0) is 4.74 Å². The Kier molecular flexibility index (Phi) is 0.634. The van der Waals surface area contributed by atoms with E-state index < -0.39 is 7.04 Å². The van der Waals surface area contributed by atoms with Crippen LogP contribution in [-0.4, -0.2) is 19.2 Å². The monoisotopic (exact) mass is 104 g/mol. The summed E-state index contributed by atoms with van der Waals surface area (Å²) in [6.07, 6.45) is 1.41. The van der Waals surface area contributed by atoms with E-state index in [1.165, 1.54) is 0 Å². The Hall–Kier alpha value is -0.0800. The zero-order valence-corrected chi connectivity index (χ0v) is 4.05. The van der Waals surface area contributed by atoms with E-state index in [-0.39, 0.29) is 12.1 Å². The first-order chi connectivity index (χ1) is 4.49. The maximum absolute atomic E-state index is 6.74. The van der Waals surface area contributed by atoms with Crippen LogP contribution >= 0.6 is 0 Å². The van der Waals surface area contributed by atoms with Crippen molar-refractivity contribution in [2.24, 2.45) is 5.73 Å². The van der Waals surface area contributed by atoms with Crippen molar-refractivity contribution >= 4 is 0 Å². The Labute approximate surface area is 47.9 Å². The Morgan fingerprint density at radius 2 is 2.71 bits per heavy atom. The second-order valence-electron chi connectivity index (χ2n) is 1.90. The number of ether oxygens (including phenoxy) is 1. The summed E-state index contributed by atoms with van der Waals surface area (Å²) in [5.41, 5.74) is 5.45. The fourth-order valence-electron chi connectivity index (χ4n) is 0.642. The number of hydrogen-bond donors (Lipinski definition) is 1. The van der Waals surface area contributed by atoms with Crippen LogP contribution < -0.4 is 5.73 Å². The minimum atomic E-state index is -2.28. The third-order valence-corrected chi connectivity index (χ3v) is 1.41. The zero-order chi connectivity index (χ0) is 7.78. The second-order valence-corrected chi connectivity index (χ2v) is 1.90. The molecule has 0 aromatic carbocycles. The molecule has 1 aliphatic rings. The lowest BCUT2D eigenvalue weighted by atomic mass is 9.90. The largest absolute Gasteiger partial charge is 0.380 e. The molecule has 0 aromatic heterocycles. The summed E-state index contributed by atoms with van der Waals surface area (Å²) >= 11 is 0. The summed E-state index contributed by atoms with van der Waals surface area (Å²) in [6, 6.07) is -0.0691. The van der Waals surface area contributed by atoms with Crippen LogP contribution in [0.25, 0.3) is 0 Å². The molecule has 1 aliphatic carbocycles. The zero-order valence-electron chi connectivity index (χ0n) is 7.05. The molecule has 7 heavy (non-hydrogen) atoms. The molecule has 2 nitrogen and oxygen atoms in total. The number of methoxy groups -OCH3 is 1. The first-order valence-corrected chi connectivity index (χ1v) is 2.42. The van der Waals surface area contributed by atoms with Crippen LogP contribution in [0.3, 0.4) is 0 Å². The Balaban J connectivity index is 2.26. The van der Waals surface area contributed by atoms with Crippen LogP contribution in [0.5, 0.6) is 0 Å². The average Bonchev–Trinajstić information content (AvgIpc) is 1.78. The van der Waals surface area contributed by atoms with Gasteiger partial charge in [0.25, 0.3) is 0 Å². The second kappa shape index (κ2) is 1.80. The third kappa shape index (κ3) is 0.763. The Morgan fingerprint density at radius 1 is 1.86 bits per heavy atom. The van der Waals surface area contributed by atoms with Gasteiger partial charge in [0.1, 0.15) is 0 Å². The van der Waals surface area contributed by atoms with E-state index in [0.29, 0.717) is 0 Å². The fraction of sp³-hybridized carbons (Fsp3) is 1.00. The van der Waals surface area contributed by atoms with E-state index >= 15 is 0 Å². The average molecular weight is 104 g/mol. The molecular formula is C5H11NO. The van der Waals surface area contributed by atoms with E-state index in [1.807, 2.05) is 0 Å². The van der Waals surface area contributed by atoms with Gasteiger partial charge >= 0.3 is 0 Å². The summed E-state index contributed by atoms with van der Waals surface area (Å²) in [7, 11) is -2.28. The number of nitrogens with two attached hydrogens (primary N) is 1. The molecule has 0 heterocycles. The highest BCUT2D eigenvalue weighted by molar-refractivity contribution is 4.83. The normalized spacial score (nSPS) is 48.4. The van der Waals surface area contributed by atoms with Crippen molar-refractivity contribution in [2.45, 2.75) is 25.0 Å². The van der Waals surface area contributed by atoms with E-state index in [1.54, 1.807) is 0 Å². The minimum absolute atomic E-state index is 0.0691. The van der Waals surface area contributed by atoms with Crippen LogP contribution in [0.2, 0.25) is 0 Å². The summed E-state index contributed by atoms with van der Waals surface area (Å²) in [6.45, 7) is 0. The van der Waals surface area contributed by atoms with Crippen molar-refractivity contribution in [1.82, 2.24) is 0 Å². The lowest BCUT2D eigenvalue weighted by Crippen LogP contribution is -2.45. The minimum Gasteiger partial charge on any atom is -0.380 e. The molecule has 2 N–H and O–H groups in total. The maximum Gasteiger partial charge on any atom is 0.0722 e. The molecule has 0 aliphatic heterocycles. The number of rotatable bonds is 1. The highest BCUT2D eigenvalue weighted by Gasteiger charge is 2.26. The van der Waals surface area contributed by atoms with Gasteiger partial charge in [0.05, 0.1) is 10.2 Å². The molecule has 42 valence electrons. The van der Waals surface area contributed by atoms with Crippen molar-refractivity contribution in [3.8, 4) is 0 Å². The first-order valence-electron chi connectivity index (χ1n) is 3.92. The van der Waals surface area contributed by atoms with Gasteiger partial charge in [-0.15, -0.1) is 0 Å². The molecule has 2 heteroatoms. The predicted molar refractivity (Wildman–Crippen MR) is 28.0 cm³/mol. The van der Waals surface area contributed by atoms with E-state index in [9.17, 15) is 0 Å². The third-order valence-electron chi connectivity index (χ3n) is 1.41. The lowest BCUT2D eigenvalue weighted by molar-refractivity contribution is 0.0213. The molecule has 0 aromatic rings. The van der Waals surface area contributed by atoms with E-state index in [4.69, 9.17) is 9.85 Å². The van der Waals surface area contributed by atoms with Gasteiger partial charge in [-0.25, -0.2) is 0 Å². The molecule has 0 bridgehead atoms. The SMILES string of the molecule is [2H]C([2H])([2H])O[C@@H]1CC[C@H]1N. The van der Waals surface area contributed by atoms with Crippen molar-refractivity contribution in [3.05, 3.63) is 0 Å². The highest BCUT2D eigenvalue weighted by atomic mass is 16.5. The predicted octanol–water partition coefficient (Wildman–Crippen LogP) is 0.123. The van der Waals surface area contributed by atoms with Crippen molar-refractivity contribution in [2.75, 3.05) is 7.04 Å². The Bertz CT molecular complexity index is 125. The lowest BCUT2D eigenvalue weighted by Gasteiger charge is -2.31. The van der Waals surface area contributed by atoms with Crippen LogP contribution in [0.15, 0.2) is 0 Å². The quantitative estimate of drug-likeness (QED) is 0.513. The van der Waals surface area contributed by atoms with Crippen LogP contribution in [0, 0.1) is 0 Å². The molecule has 1 saturated carbocycles. The molecule has 2 atom stereocenters. The van der Waals surface area contributed by atoms with Gasteiger partial charge in [-0.1, -0.05) is 0 Å². The molecule has 0 radical (unpaired) electrons. The standard InChI is InChI=1S/C5H11NO/c1-7-5-3-2-4(5)6/h4-5H,2-3,6H2,1H3/t4-,5-/m1/s1/i1D3. The molecule has 0 saturated heterocycles. The van der Waals surface area contributed by atoms with Gasteiger partial charge in [-0.3, -0.25) is 0 Å². The van der Waals surface area contributed by atoms with Gasteiger partial charge in [-0.05, 0) is 12.8 Å². The first kappa shape index (κ1) is 2.46. The number of hydrogen-bond acceptors (Lipinski definition) is 2. The van der Waals surface area contributed by atoms with Crippen molar-refractivity contribution in [3.63, 3.8) is 0 Å². The molecule has 0 unspecified atom stereocenters. The van der Waals surface area contributed by atoms with Crippen LogP contribution in [0.4, 0.5) is 0 Å². The van der Waals surface area contributed by atoms with Crippen molar-refractivity contribution < 1.29 is 8.85 Å². The van der Waals surface area contributed by atoms with Gasteiger partial charge in [0, 0.05) is 13.1 Å². The van der Waals surface area contributed by atoms with Gasteiger partial charge in [-0.2, -0.15) is 0 Å². The van der Waals surface area contributed by atoms with Crippen molar-refractivity contribution in [1.29, 1.82) is 0 Å². The summed E-state index contributed by atoms with van der Waals surface area (Å²) in [5, 5.41) is 0. The molecule has 0 spiro atoms. The molecule has 0 amide bonds. The summed E-state index contributed by atoms with van der Waals surface area (Å²) in [4.78, 5) is 0. The highest BCUT2D eigenvalue weighted by Crippen LogP contribution is 2.19. The molecule has 1 fully saturated rings. The van der Waals surface area contributed by atoms with E-state index in [0.717, 1.165) is 12.8 Å². The smallest absolute Gasteiger partial charge is 0.0722 e. The Morgan fingerprint density at radius 3 is 2.86 bits per heavy atom. The van der Waals surface area contributed by atoms with Crippen LogP contribution in [0.1, 0.15) is 17.0 Å². The summed E-state index contributed by atoms with van der Waals surface area (Å²) < 4.78 is 24.9. The molecule has 1 rings (SSSR count). The maximum atomic E-state index is 6.74. The summed E-state index contributed by atoms with van der Waals surface area (Å²) in [5.74, 6) is 0. The topological polar surface area (TPSA) is 35.2 Å². The van der Waals surface area contributed by atoms with Gasteiger partial charge < -0.3 is 10.5 Å². The van der Waals surface area contributed by atoms with Gasteiger partial charge in [0.2, 0.25) is 0 Å². The van der Waals surface area contributed by atoms with Gasteiger partial charge in [0.15, 0.2) is 0 Å². The van der Waals surface area contributed by atoms with E-state index in [2.05, 4.69) is 4.74 Å². The molecular weight excluding hydrogens is 90.1 g/mol.